The molecule has 0 heterocycles. The molecule has 0 aliphatic carbocycles. The average Bonchev–Trinajstić information content (AvgIpc) is 2.41. The van der Waals surface area contributed by atoms with Crippen molar-refractivity contribution in [3.8, 4) is 0 Å². The number of rotatable bonds is 5. The van der Waals surface area contributed by atoms with E-state index in [1.807, 2.05) is 0 Å². The molecule has 23 heavy (non-hydrogen) atoms. The molecular weight excluding hydrogens is 302 g/mol. The summed E-state index contributed by atoms with van der Waals surface area (Å²) >= 11 is 0. The Kier molecular flexibility index (Phi) is 6.12. The fraction of sp³-hybridized carbons (Fsp3) is 0.500. The van der Waals surface area contributed by atoms with E-state index in [0.29, 0.717) is 5.56 Å². The number of carbonyl (C=O) groups excluding carboxylic acids is 1. The van der Waals surface area contributed by atoms with Gasteiger partial charge in [0.05, 0.1) is 5.56 Å². The molecular formula is C16H23NO6. The van der Waals surface area contributed by atoms with Crippen LogP contribution in [-0.4, -0.2) is 45.6 Å². The molecule has 1 amide bonds. The van der Waals surface area contributed by atoms with Crippen LogP contribution in [0, 0.1) is 6.92 Å². The van der Waals surface area contributed by atoms with Gasteiger partial charge in [-0.05, 0) is 38.8 Å². The minimum Gasteiger partial charge on any atom is -0.478 e. The third-order valence-corrected chi connectivity index (χ3v) is 3.06. The van der Waals surface area contributed by atoms with Gasteiger partial charge >= 0.3 is 12.1 Å². The van der Waals surface area contributed by atoms with Crippen molar-refractivity contribution in [2.45, 2.75) is 45.5 Å². The molecule has 1 aromatic carbocycles. The molecule has 4 N–H and O–H groups in total. The van der Waals surface area contributed by atoms with Crippen molar-refractivity contribution in [2.24, 2.45) is 0 Å². The average molecular weight is 325 g/mol. The van der Waals surface area contributed by atoms with E-state index in [4.69, 9.17) is 4.74 Å². The summed E-state index contributed by atoms with van der Waals surface area (Å²) in [6.07, 6.45) is -3.55. The fourth-order valence-corrected chi connectivity index (χ4v) is 2.05. The van der Waals surface area contributed by atoms with E-state index in [1.54, 1.807) is 39.8 Å². The lowest BCUT2D eigenvalue weighted by Gasteiger charge is -2.23. The Morgan fingerprint density at radius 1 is 1.26 bits per heavy atom. The highest BCUT2D eigenvalue weighted by atomic mass is 16.6. The molecule has 1 rings (SSSR count). The molecule has 0 radical (unpaired) electrons. The van der Waals surface area contributed by atoms with E-state index in [9.17, 15) is 24.9 Å². The van der Waals surface area contributed by atoms with Gasteiger partial charge < -0.3 is 25.4 Å². The number of hydrogen-bond acceptors (Lipinski definition) is 5. The number of aliphatic hydroxyl groups is 2. The Morgan fingerprint density at radius 3 is 2.39 bits per heavy atom. The first-order chi connectivity index (χ1) is 10.5. The quantitative estimate of drug-likeness (QED) is 0.653. The Morgan fingerprint density at radius 2 is 1.87 bits per heavy atom. The highest BCUT2D eigenvalue weighted by Crippen LogP contribution is 2.24. The van der Waals surface area contributed by atoms with Crippen LogP contribution in [0.2, 0.25) is 0 Å². The van der Waals surface area contributed by atoms with Crippen LogP contribution in [-0.2, 0) is 4.74 Å². The first kappa shape index (κ1) is 18.9. The zero-order valence-corrected chi connectivity index (χ0v) is 13.7. The first-order valence-corrected chi connectivity index (χ1v) is 7.18. The Hall–Kier alpha value is -2.12. The van der Waals surface area contributed by atoms with Crippen LogP contribution in [0.3, 0.4) is 0 Å². The number of alkyl carbamates (subject to hydrolysis) is 1. The van der Waals surface area contributed by atoms with Crippen molar-refractivity contribution in [3.63, 3.8) is 0 Å². The number of carboxylic acids is 1. The maximum Gasteiger partial charge on any atom is 0.407 e. The van der Waals surface area contributed by atoms with Crippen molar-refractivity contribution in [1.29, 1.82) is 0 Å². The lowest BCUT2D eigenvalue weighted by atomic mass is 9.95. The molecule has 2 atom stereocenters. The Balaban J connectivity index is 2.78. The molecule has 1 aromatic rings. The molecule has 0 fully saturated rings. The number of carbonyl (C=O) groups is 2. The summed E-state index contributed by atoms with van der Waals surface area (Å²) in [5.41, 5.74) is -0.172. The molecule has 2 unspecified atom stereocenters. The normalized spacial score (nSPS) is 14.0. The number of amides is 1. The van der Waals surface area contributed by atoms with E-state index in [2.05, 4.69) is 5.32 Å². The van der Waals surface area contributed by atoms with Crippen LogP contribution in [0.15, 0.2) is 18.2 Å². The second-order valence-corrected chi connectivity index (χ2v) is 6.24. The summed E-state index contributed by atoms with van der Waals surface area (Å²) in [5.74, 6) is -1.19. The SMILES string of the molecule is Cc1cccc(C(O)C(O)CNC(=O)OC(C)(C)C)c1C(=O)O. The molecule has 0 saturated heterocycles. The highest BCUT2D eigenvalue weighted by molar-refractivity contribution is 5.91. The van der Waals surface area contributed by atoms with Gasteiger partial charge in [-0.2, -0.15) is 0 Å². The summed E-state index contributed by atoms with van der Waals surface area (Å²) in [5, 5.41) is 31.8. The highest BCUT2D eigenvalue weighted by Gasteiger charge is 2.26. The maximum absolute atomic E-state index is 11.5. The van der Waals surface area contributed by atoms with E-state index >= 15 is 0 Å². The Bertz CT molecular complexity index is 578. The van der Waals surface area contributed by atoms with Gasteiger partial charge in [-0.1, -0.05) is 18.2 Å². The van der Waals surface area contributed by atoms with Crippen LogP contribution in [0.4, 0.5) is 4.79 Å². The second-order valence-electron chi connectivity index (χ2n) is 6.24. The molecule has 0 spiro atoms. The molecule has 0 aliphatic rings. The lowest BCUT2D eigenvalue weighted by Crippen LogP contribution is -2.39. The van der Waals surface area contributed by atoms with Crippen molar-refractivity contribution in [3.05, 3.63) is 34.9 Å². The van der Waals surface area contributed by atoms with E-state index in [0.717, 1.165) is 0 Å². The fourth-order valence-electron chi connectivity index (χ4n) is 2.05. The van der Waals surface area contributed by atoms with E-state index in [-0.39, 0.29) is 17.7 Å². The van der Waals surface area contributed by atoms with Gasteiger partial charge in [0.25, 0.3) is 0 Å². The number of aliphatic hydroxyl groups excluding tert-OH is 2. The van der Waals surface area contributed by atoms with Crippen molar-refractivity contribution in [2.75, 3.05) is 6.54 Å². The van der Waals surface area contributed by atoms with Gasteiger partial charge in [0.1, 0.15) is 17.8 Å². The molecule has 7 heteroatoms. The molecule has 0 bridgehead atoms. The minimum atomic E-state index is -1.45. The summed E-state index contributed by atoms with van der Waals surface area (Å²) < 4.78 is 5.02. The summed E-state index contributed by atoms with van der Waals surface area (Å²) in [4.78, 5) is 22.8. The van der Waals surface area contributed by atoms with Crippen molar-refractivity contribution >= 4 is 12.1 Å². The zero-order chi connectivity index (χ0) is 17.8. The largest absolute Gasteiger partial charge is 0.478 e. The second kappa shape index (κ2) is 7.43. The lowest BCUT2D eigenvalue weighted by molar-refractivity contribution is 0.0120. The smallest absolute Gasteiger partial charge is 0.407 e. The van der Waals surface area contributed by atoms with Gasteiger partial charge in [-0.25, -0.2) is 9.59 Å². The number of aryl methyl sites for hydroxylation is 1. The monoisotopic (exact) mass is 325 g/mol. The zero-order valence-electron chi connectivity index (χ0n) is 13.7. The number of benzene rings is 1. The van der Waals surface area contributed by atoms with Crippen LogP contribution < -0.4 is 5.32 Å². The van der Waals surface area contributed by atoms with Gasteiger partial charge in [-0.15, -0.1) is 0 Å². The van der Waals surface area contributed by atoms with E-state index in [1.165, 1.54) is 6.07 Å². The molecule has 0 aromatic heterocycles. The summed E-state index contributed by atoms with van der Waals surface area (Å²) in [6.45, 7) is 6.42. The predicted octanol–water partition coefficient (Wildman–Crippen LogP) is 1.61. The topological polar surface area (TPSA) is 116 Å². The van der Waals surface area contributed by atoms with Crippen LogP contribution >= 0.6 is 0 Å². The number of ether oxygens (including phenoxy) is 1. The number of carboxylic acid groups (broad SMARTS) is 1. The maximum atomic E-state index is 11.5. The molecule has 7 nitrogen and oxygen atoms in total. The number of hydrogen-bond donors (Lipinski definition) is 4. The standard InChI is InChI=1S/C16H23NO6/c1-9-6-5-7-10(12(9)14(20)21)13(19)11(18)8-17-15(22)23-16(2,3)4/h5-7,11,13,18-19H,8H2,1-4H3,(H,17,22)(H,20,21). The van der Waals surface area contributed by atoms with E-state index < -0.39 is 29.9 Å². The van der Waals surface area contributed by atoms with Crippen LogP contribution in [0.5, 0.6) is 0 Å². The first-order valence-electron chi connectivity index (χ1n) is 7.18. The van der Waals surface area contributed by atoms with Crippen LogP contribution in [0.25, 0.3) is 0 Å². The van der Waals surface area contributed by atoms with Gasteiger partial charge in [0.15, 0.2) is 0 Å². The molecule has 128 valence electrons. The molecule has 0 aliphatic heterocycles. The number of aromatic carboxylic acids is 1. The number of nitrogens with one attached hydrogen (secondary N) is 1. The van der Waals surface area contributed by atoms with Gasteiger partial charge in [-0.3, -0.25) is 0 Å². The summed E-state index contributed by atoms with van der Waals surface area (Å²) in [7, 11) is 0. The minimum absolute atomic E-state index is 0.0590. The Labute approximate surface area is 134 Å². The summed E-state index contributed by atoms with van der Waals surface area (Å²) in [6, 6.07) is 4.62. The predicted molar refractivity (Wildman–Crippen MR) is 83.3 cm³/mol. The van der Waals surface area contributed by atoms with Crippen molar-refractivity contribution < 1.29 is 29.6 Å². The van der Waals surface area contributed by atoms with Crippen LogP contribution in [0.1, 0.15) is 48.4 Å². The third kappa shape index (κ3) is 5.54. The van der Waals surface area contributed by atoms with Crippen molar-refractivity contribution in [1.82, 2.24) is 5.32 Å². The third-order valence-electron chi connectivity index (χ3n) is 3.06. The molecule has 0 saturated carbocycles. The van der Waals surface area contributed by atoms with Gasteiger partial charge in [0, 0.05) is 6.54 Å². The van der Waals surface area contributed by atoms with Gasteiger partial charge in [0.2, 0.25) is 0 Å².